The molecular weight excluding hydrogens is 170 g/mol. The molecule has 0 amide bonds. The average Bonchev–Trinajstić information content (AvgIpc) is 2.22. The first-order valence-corrected chi connectivity index (χ1v) is 6.38. The fourth-order valence-corrected chi connectivity index (χ4v) is 1.73. The zero-order valence-electron chi connectivity index (χ0n) is 10.8. The van der Waals surface area contributed by atoms with E-state index in [-0.39, 0.29) is 0 Å². The van der Waals surface area contributed by atoms with Gasteiger partial charge in [-0.05, 0) is 31.2 Å². The van der Waals surface area contributed by atoms with Crippen molar-refractivity contribution in [2.75, 3.05) is 6.54 Å². The van der Waals surface area contributed by atoms with E-state index >= 15 is 0 Å². The van der Waals surface area contributed by atoms with Gasteiger partial charge in [-0.2, -0.15) is 0 Å². The van der Waals surface area contributed by atoms with Crippen molar-refractivity contribution >= 4 is 0 Å². The summed E-state index contributed by atoms with van der Waals surface area (Å²) >= 11 is 0. The summed E-state index contributed by atoms with van der Waals surface area (Å²) in [6.45, 7) is 12.7. The van der Waals surface area contributed by atoms with Crippen molar-refractivity contribution in [2.45, 2.75) is 66.3 Å². The molecule has 1 heteroatoms. The smallest absolute Gasteiger partial charge is 0.00951 e. The van der Waals surface area contributed by atoms with E-state index in [1.807, 2.05) is 0 Å². The summed E-state index contributed by atoms with van der Waals surface area (Å²) in [4.78, 5) is 0. The fourth-order valence-electron chi connectivity index (χ4n) is 1.73. The molecule has 3 unspecified atom stereocenters. The molecule has 0 aliphatic heterocycles. The molecule has 86 valence electrons. The van der Waals surface area contributed by atoms with E-state index in [1.54, 1.807) is 0 Å². The Labute approximate surface area is 90.7 Å². The summed E-state index contributed by atoms with van der Waals surface area (Å²) in [6, 6.07) is 0.731. The predicted octanol–water partition coefficient (Wildman–Crippen LogP) is 3.84. The third-order valence-corrected chi connectivity index (χ3v) is 3.34. The van der Waals surface area contributed by atoms with E-state index in [2.05, 4.69) is 39.9 Å². The largest absolute Gasteiger partial charge is 0.314 e. The minimum absolute atomic E-state index is 0.731. The Hall–Kier alpha value is -0.0400. The first kappa shape index (κ1) is 14.0. The van der Waals surface area contributed by atoms with Crippen molar-refractivity contribution < 1.29 is 0 Å². The Morgan fingerprint density at radius 1 is 1.00 bits per heavy atom. The van der Waals surface area contributed by atoms with Gasteiger partial charge in [0.05, 0.1) is 0 Å². The van der Waals surface area contributed by atoms with Crippen LogP contribution in [0.5, 0.6) is 0 Å². The van der Waals surface area contributed by atoms with Crippen molar-refractivity contribution in [3.63, 3.8) is 0 Å². The molecule has 0 saturated carbocycles. The third kappa shape index (κ3) is 5.64. The second kappa shape index (κ2) is 8.28. The van der Waals surface area contributed by atoms with Crippen LogP contribution in [0, 0.1) is 11.8 Å². The van der Waals surface area contributed by atoms with E-state index in [4.69, 9.17) is 0 Å². The summed E-state index contributed by atoms with van der Waals surface area (Å²) < 4.78 is 0. The molecule has 14 heavy (non-hydrogen) atoms. The van der Waals surface area contributed by atoms with Gasteiger partial charge in [0.25, 0.3) is 0 Å². The molecule has 1 nitrogen and oxygen atoms in total. The van der Waals surface area contributed by atoms with Crippen molar-refractivity contribution in [1.82, 2.24) is 5.32 Å². The van der Waals surface area contributed by atoms with Gasteiger partial charge in [-0.15, -0.1) is 0 Å². The highest BCUT2D eigenvalue weighted by Gasteiger charge is 2.16. The Kier molecular flexibility index (Phi) is 8.26. The third-order valence-electron chi connectivity index (χ3n) is 3.34. The number of hydrogen-bond donors (Lipinski definition) is 1. The van der Waals surface area contributed by atoms with Crippen LogP contribution in [0.15, 0.2) is 0 Å². The van der Waals surface area contributed by atoms with Gasteiger partial charge in [0.2, 0.25) is 0 Å². The molecule has 0 heterocycles. The molecule has 0 fully saturated rings. The first-order chi connectivity index (χ1) is 6.65. The van der Waals surface area contributed by atoms with Crippen molar-refractivity contribution in [3.8, 4) is 0 Å². The lowest BCUT2D eigenvalue weighted by atomic mass is 9.89. The molecule has 0 spiro atoms. The van der Waals surface area contributed by atoms with Gasteiger partial charge in [0.15, 0.2) is 0 Å². The summed E-state index contributed by atoms with van der Waals surface area (Å²) in [5.41, 5.74) is 0. The first-order valence-electron chi connectivity index (χ1n) is 6.38. The number of hydrogen-bond acceptors (Lipinski definition) is 1. The lowest BCUT2D eigenvalue weighted by Crippen LogP contribution is -2.36. The van der Waals surface area contributed by atoms with Crippen LogP contribution in [0.25, 0.3) is 0 Å². The highest BCUT2D eigenvalue weighted by molar-refractivity contribution is 4.74. The Morgan fingerprint density at radius 2 is 1.64 bits per heavy atom. The topological polar surface area (TPSA) is 12.0 Å². The van der Waals surface area contributed by atoms with E-state index in [0.717, 1.165) is 17.9 Å². The molecule has 0 aromatic carbocycles. The fraction of sp³-hybridized carbons (Fsp3) is 1.00. The van der Waals surface area contributed by atoms with Gasteiger partial charge >= 0.3 is 0 Å². The van der Waals surface area contributed by atoms with E-state index in [1.165, 1.54) is 32.2 Å². The van der Waals surface area contributed by atoms with Gasteiger partial charge in [-0.25, -0.2) is 0 Å². The van der Waals surface area contributed by atoms with Crippen molar-refractivity contribution in [3.05, 3.63) is 0 Å². The van der Waals surface area contributed by atoms with Crippen LogP contribution in [0.4, 0.5) is 0 Å². The zero-order chi connectivity index (χ0) is 11.0. The molecule has 0 aliphatic carbocycles. The maximum atomic E-state index is 3.69. The molecule has 0 aliphatic rings. The maximum absolute atomic E-state index is 3.69. The Balaban J connectivity index is 3.96. The SMILES string of the molecule is CCCNC(CC(C)CC)C(C)CC. The van der Waals surface area contributed by atoms with E-state index < -0.39 is 0 Å². The van der Waals surface area contributed by atoms with Crippen molar-refractivity contribution in [2.24, 2.45) is 11.8 Å². The van der Waals surface area contributed by atoms with Crippen LogP contribution in [0.1, 0.15) is 60.3 Å². The maximum Gasteiger partial charge on any atom is 0.00951 e. The highest BCUT2D eigenvalue weighted by atomic mass is 14.9. The summed E-state index contributed by atoms with van der Waals surface area (Å²) in [7, 11) is 0. The zero-order valence-corrected chi connectivity index (χ0v) is 10.8. The minimum Gasteiger partial charge on any atom is -0.314 e. The monoisotopic (exact) mass is 199 g/mol. The van der Waals surface area contributed by atoms with Crippen LogP contribution < -0.4 is 5.32 Å². The molecular formula is C13H29N. The van der Waals surface area contributed by atoms with E-state index in [9.17, 15) is 0 Å². The second-order valence-electron chi connectivity index (χ2n) is 4.70. The summed E-state index contributed by atoms with van der Waals surface area (Å²) in [5, 5.41) is 3.69. The molecule has 0 saturated heterocycles. The molecule has 0 bridgehead atoms. The normalized spacial score (nSPS) is 17.8. The second-order valence-corrected chi connectivity index (χ2v) is 4.70. The molecule has 0 aromatic heterocycles. The summed E-state index contributed by atoms with van der Waals surface area (Å²) in [5.74, 6) is 1.67. The van der Waals surface area contributed by atoms with Gasteiger partial charge < -0.3 is 5.32 Å². The van der Waals surface area contributed by atoms with Crippen LogP contribution in [-0.2, 0) is 0 Å². The van der Waals surface area contributed by atoms with Gasteiger partial charge in [0.1, 0.15) is 0 Å². The van der Waals surface area contributed by atoms with Crippen LogP contribution in [-0.4, -0.2) is 12.6 Å². The molecule has 0 rings (SSSR count). The van der Waals surface area contributed by atoms with Crippen LogP contribution >= 0.6 is 0 Å². The molecule has 0 radical (unpaired) electrons. The molecule has 3 atom stereocenters. The lowest BCUT2D eigenvalue weighted by molar-refractivity contribution is 0.304. The standard InChI is InChI=1S/C13H29N/c1-6-9-14-13(12(5)8-3)10-11(4)7-2/h11-14H,6-10H2,1-5H3. The van der Waals surface area contributed by atoms with E-state index in [0.29, 0.717) is 0 Å². The Bertz CT molecular complexity index is 122. The van der Waals surface area contributed by atoms with Crippen LogP contribution in [0.2, 0.25) is 0 Å². The minimum atomic E-state index is 0.731. The van der Waals surface area contributed by atoms with Gasteiger partial charge in [-0.1, -0.05) is 47.5 Å². The van der Waals surface area contributed by atoms with Crippen molar-refractivity contribution in [1.29, 1.82) is 0 Å². The van der Waals surface area contributed by atoms with Gasteiger partial charge in [-0.3, -0.25) is 0 Å². The molecule has 0 aromatic rings. The predicted molar refractivity (Wildman–Crippen MR) is 65.6 cm³/mol. The quantitative estimate of drug-likeness (QED) is 0.626. The molecule has 1 N–H and O–H groups in total. The van der Waals surface area contributed by atoms with Gasteiger partial charge in [0, 0.05) is 6.04 Å². The van der Waals surface area contributed by atoms with Crippen LogP contribution in [0.3, 0.4) is 0 Å². The summed E-state index contributed by atoms with van der Waals surface area (Å²) in [6.07, 6.45) is 5.18. The lowest BCUT2D eigenvalue weighted by Gasteiger charge is -2.26. The highest BCUT2D eigenvalue weighted by Crippen LogP contribution is 2.18. The number of rotatable bonds is 8. The number of nitrogens with one attached hydrogen (secondary N) is 1. The average molecular weight is 199 g/mol. The Morgan fingerprint density at radius 3 is 2.07 bits per heavy atom.